The van der Waals surface area contributed by atoms with Crippen LogP contribution in [0.2, 0.25) is 19.6 Å². The Kier molecular flexibility index (Phi) is 3.93. The normalized spacial score (nSPS) is 24.4. The van der Waals surface area contributed by atoms with Crippen LogP contribution in [0.15, 0.2) is 42.5 Å². The van der Waals surface area contributed by atoms with Gasteiger partial charge in [-0.15, -0.1) is 0 Å². The van der Waals surface area contributed by atoms with Crippen LogP contribution in [0.3, 0.4) is 0 Å². The molecule has 0 spiro atoms. The molecule has 1 nitrogen and oxygen atoms in total. The third-order valence-corrected chi connectivity index (χ3v) is 7.52. The lowest BCUT2D eigenvalue weighted by atomic mass is 9.82. The zero-order chi connectivity index (χ0) is 18.9. The summed E-state index contributed by atoms with van der Waals surface area (Å²) in [6.45, 7) is 16.9. The van der Waals surface area contributed by atoms with Crippen LogP contribution in [0.25, 0.3) is 0 Å². The maximum Gasteiger partial charge on any atom is 0.0665 e. The molecule has 0 N–H and O–H groups in total. The Labute approximate surface area is 160 Å². The van der Waals surface area contributed by atoms with Crippen molar-refractivity contribution in [3.05, 3.63) is 64.7 Å². The van der Waals surface area contributed by atoms with Gasteiger partial charge in [0.25, 0.3) is 0 Å². The lowest BCUT2D eigenvalue weighted by Gasteiger charge is -2.33. The Morgan fingerprint density at radius 2 is 1.58 bits per heavy atom. The summed E-state index contributed by atoms with van der Waals surface area (Å²) in [5.74, 6) is 1.19. The van der Waals surface area contributed by atoms with Crippen LogP contribution in [0.5, 0.6) is 0 Å². The topological polar surface area (TPSA) is 3.24 Å². The smallest absolute Gasteiger partial charge is 0.0665 e. The maximum atomic E-state index is 2.76. The van der Waals surface area contributed by atoms with E-state index in [-0.39, 0.29) is 5.41 Å². The van der Waals surface area contributed by atoms with Gasteiger partial charge in [0.1, 0.15) is 0 Å². The Balaban J connectivity index is 1.89. The van der Waals surface area contributed by atoms with Gasteiger partial charge in [0, 0.05) is 17.8 Å². The van der Waals surface area contributed by atoms with Crippen LogP contribution in [-0.4, -0.2) is 14.2 Å². The fourth-order valence-corrected chi connectivity index (χ4v) is 6.44. The van der Waals surface area contributed by atoms with Gasteiger partial charge in [-0.05, 0) is 39.7 Å². The molecular formula is C24H33NSi. The molecule has 2 aliphatic rings. The highest BCUT2D eigenvalue weighted by Gasteiger charge is 2.49. The molecule has 1 aliphatic heterocycles. The summed E-state index contributed by atoms with van der Waals surface area (Å²) in [6.07, 6.45) is 1.23. The van der Waals surface area contributed by atoms with Gasteiger partial charge in [-0.2, -0.15) is 0 Å². The van der Waals surface area contributed by atoms with E-state index in [1.54, 1.807) is 16.7 Å². The first-order valence-electron chi connectivity index (χ1n) is 10.1. The van der Waals surface area contributed by atoms with Crippen molar-refractivity contribution in [2.45, 2.75) is 70.6 Å². The highest BCUT2D eigenvalue weighted by molar-refractivity contribution is 6.76. The molecule has 0 amide bonds. The van der Waals surface area contributed by atoms with Gasteiger partial charge in [-0.1, -0.05) is 83.7 Å². The van der Waals surface area contributed by atoms with E-state index < -0.39 is 8.07 Å². The molecule has 26 heavy (non-hydrogen) atoms. The summed E-state index contributed by atoms with van der Waals surface area (Å²) in [7, 11) is -1.22. The molecule has 0 radical (unpaired) electrons. The lowest BCUT2D eigenvalue weighted by Crippen LogP contribution is -2.40. The highest BCUT2D eigenvalue weighted by atomic mass is 28.3. The molecule has 0 saturated carbocycles. The number of rotatable bonds is 2. The second-order valence-electron chi connectivity index (χ2n) is 10.6. The molecule has 4 rings (SSSR count). The van der Waals surface area contributed by atoms with Crippen LogP contribution in [-0.2, 0) is 5.41 Å². The number of nitrogens with zero attached hydrogens (tertiary/aromatic N) is 1. The summed E-state index contributed by atoms with van der Waals surface area (Å²) in [6, 6.07) is 17.0. The van der Waals surface area contributed by atoms with E-state index in [0.717, 1.165) is 0 Å². The van der Waals surface area contributed by atoms with Crippen molar-refractivity contribution in [1.29, 1.82) is 0 Å². The fourth-order valence-electron chi connectivity index (χ4n) is 5.05. The molecule has 0 aromatic heterocycles. The molecule has 2 aromatic carbocycles. The van der Waals surface area contributed by atoms with Crippen molar-refractivity contribution in [2.24, 2.45) is 0 Å². The first kappa shape index (κ1) is 17.9. The number of hydrogen-bond acceptors (Lipinski definition) is 1. The predicted molar refractivity (Wildman–Crippen MR) is 116 cm³/mol. The zero-order valence-electron chi connectivity index (χ0n) is 17.4. The second-order valence-corrected chi connectivity index (χ2v) is 16.0. The lowest BCUT2D eigenvalue weighted by molar-refractivity contribution is 0.544. The molecule has 138 valence electrons. The zero-order valence-corrected chi connectivity index (χ0v) is 18.4. The molecular weight excluding hydrogens is 330 g/mol. The molecule has 2 aromatic rings. The van der Waals surface area contributed by atoms with E-state index in [1.807, 2.05) is 0 Å². The SMILES string of the molecule is CC1c2ccccc2C2C1c1cc(C(C)(C)C)ccc1N2C[Si](C)(C)C. The molecule has 1 aliphatic carbocycles. The van der Waals surface area contributed by atoms with Gasteiger partial charge in [-0.25, -0.2) is 0 Å². The van der Waals surface area contributed by atoms with E-state index in [2.05, 4.69) is 94.7 Å². The first-order chi connectivity index (χ1) is 12.1. The maximum absolute atomic E-state index is 2.76. The summed E-state index contributed by atoms with van der Waals surface area (Å²) >= 11 is 0. The van der Waals surface area contributed by atoms with E-state index in [9.17, 15) is 0 Å². The van der Waals surface area contributed by atoms with E-state index in [1.165, 1.54) is 17.4 Å². The van der Waals surface area contributed by atoms with Crippen LogP contribution < -0.4 is 4.90 Å². The minimum Gasteiger partial charge on any atom is -0.367 e. The highest BCUT2D eigenvalue weighted by Crippen LogP contribution is 2.60. The first-order valence-corrected chi connectivity index (χ1v) is 13.8. The number of fused-ring (bicyclic) bond motifs is 5. The molecule has 0 bridgehead atoms. The average molecular weight is 364 g/mol. The van der Waals surface area contributed by atoms with Crippen molar-refractivity contribution in [3.8, 4) is 0 Å². The van der Waals surface area contributed by atoms with Crippen LogP contribution in [0.4, 0.5) is 5.69 Å². The minimum absolute atomic E-state index is 0.200. The van der Waals surface area contributed by atoms with Crippen molar-refractivity contribution in [3.63, 3.8) is 0 Å². The Hall–Kier alpha value is -1.54. The molecule has 1 heterocycles. The van der Waals surface area contributed by atoms with Crippen LogP contribution in [0, 0.1) is 0 Å². The van der Waals surface area contributed by atoms with Crippen molar-refractivity contribution >= 4 is 13.8 Å². The molecule has 3 unspecified atom stereocenters. The van der Waals surface area contributed by atoms with Crippen molar-refractivity contribution in [2.75, 3.05) is 11.1 Å². The number of hydrogen-bond donors (Lipinski definition) is 0. The quantitative estimate of drug-likeness (QED) is 0.542. The molecule has 3 atom stereocenters. The second kappa shape index (κ2) is 5.72. The van der Waals surface area contributed by atoms with Crippen LogP contribution >= 0.6 is 0 Å². The van der Waals surface area contributed by atoms with E-state index >= 15 is 0 Å². The van der Waals surface area contributed by atoms with Gasteiger partial charge >= 0.3 is 0 Å². The fraction of sp³-hybridized carbons (Fsp3) is 0.500. The Bertz CT molecular complexity index is 840. The van der Waals surface area contributed by atoms with Gasteiger partial charge in [0.05, 0.1) is 14.1 Å². The average Bonchev–Trinajstić information content (AvgIpc) is 3.00. The third-order valence-electron chi connectivity index (χ3n) is 6.23. The summed E-state index contributed by atoms with van der Waals surface area (Å²) in [4.78, 5) is 2.76. The summed E-state index contributed by atoms with van der Waals surface area (Å²) in [5, 5.41) is 0. The van der Waals surface area contributed by atoms with E-state index in [0.29, 0.717) is 17.9 Å². The summed E-state index contributed by atoms with van der Waals surface area (Å²) < 4.78 is 0. The van der Waals surface area contributed by atoms with Gasteiger partial charge < -0.3 is 4.90 Å². The van der Waals surface area contributed by atoms with Gasteiger partial charge in [-0.3, -0.25) is 0 Å². The predicted octanol–water partition coefficient (Wildman–Crippen LogP) is 6.62. The standard InChI is InChI=1S/C24H33NSi/c1-16-18-10-8-9-11-19(18)23-22(16)20-14-17(24(2,3)4)12-13-21(20)25(23)15-26(5,6)7/h8-14,16,22-23H,15H2,1-7H3. The number of benzene rings is 2. The molecule has 2 heteroatoms. The Morgan fingerprint density at radius 3 is 2.19 bits per heavy atom. The molecule has 0 fully saturated rings. The summed E-state index contributed by atoms with van der Waals surface area (Å²) in [5.41, 5.74) is 7.88. The van der Waals surface area contributed by atoms with Gasteiger partial charge in [0.15, 0.2) is 0 Å². The van der Waals surface area contributed by atoms with Gasteiger partial charge in [0.2, 0.25) is 0 Å². The van der Waals surface area contributed by atoms with Crippen LogP contribution in [0.1, 0.15) is 67.8 Å². The largest absolute Gasteiger partial charge is 0.367 e. The van der Waals surface area contributed by atoms with Crippen molar-refractivity contribution in [1.82, 2.24) is 0 Å². The minimum atomic E-state index is -1.22. The molecule has 0 saturated heterocycles. The third kappa shape index (κ3) is 2.74. The number of anilines is 1. The monoisotopic (exact) mass is 363 g/mol. The van der Waals surface area contributed by atoms with E-state index in [4.69, 9.17) is 0 Å². The Morgan fingerprint density at radius 1 is 0.923 bits per heavy atom. The van der Waals surface area contributed by atoms with Crippen molar-refractivity contribution < 1.29 is 0 Å².